The molecule has 1 N–H and O–H groups in total. The number of fused-ring (bicyclic) bond motifs is 1. The summed E-state index contributed by atoms with van der Waals surface area (Å²) in [6.07, 6.45) is 3.64. The number of nitrogens with one attached hydrogen (secondary N) is 1. The number of amides is 2. The molecule has 0 bridgehead atoms. The average molecular weight is 427 g/mol. The molecule has 1 unspecified atom stereocenters. The van der Waals surface area contributed by atoms with Crippen LogP contribution in [-0.4, -0.2) is 48.6 Å². The van der Waals surface area contributed by atoms with Crippen molar-refractivity contribution in [3.05, 3.63) is 77.0 Å². The van der Waals surface area contributed by atoms with Crippen molar-refractivity contribution in [1.82, 2.24) is 15.1 Å². The Morgan fingerprint density at radius 2 is 1.78 bits per heavy atom. The summed E-state index contributed by atoms with van der Waals surface area (Å²) in [5, 5.41) is 2.81. The standard InChI is InChI=1S/C26H30BN3O2/c1-17-2-9-24(25(31)28-17)30-16-21-14-20(5-8-23(21)26(30)32)19-10-12-29(13-11-19)15-18-3-6-22(27)7-4-18/h3-8,14,19,24H,1-2,9-13,15-16,27H2,(H,28,31). The number of hydrogen-bond donors (Lipinski definition) is 1. The van der Waals surface area contributed by atoms with E-state index < -0.39 is 6.04 Å². The Labute approximate surface area is 190 Å². The quantitative estimate of drug-likeness (QED) is 0.761. The maximum absolute atomic E-state index is 13.0. The van der Waals surface area contributed by atoms with Gasteiger partial charge in [0.15, 0.2) is 0 Å². The minimum Gasteiger partial charge on any atom is -0.329 e. The molecule has 0 radical (unpaired) electrons. The number of likely N-dealkylation sites (tertiary alicyclic amines) is 1. The van der Waals surface area contributed by atoms with Crippen LogP contribution < -0.4 is 10.8 Å². The largest absolute Gasteiger partial charge is 0.329 e. The van der Waals surface area contributed by atoms with E-state index in [9.17, 15) is 9.59 Å². The van der Waals surface area contributed by atoms with Gasteiger partial charge in [-0.25, -0.2) is 0 Å². The molecule has 1 atom stereocenters. The molecular formula is C26H30BN3O2. The van der Waals surface area contributed by atoms with E-state index in [1.54, 1.807) is 4.90 Å². The third-order valence-corrected chi connectivity index (χ3v) is 7.25. The molecule has 2 aromatic rings. The van der Waals surface area contributed by atoms with Gasteiger partial charge in [-0.05, 0) is 67.4 Å². The Hall–Kier alpha value is -2.86. The molecule has 164 valence electrons. The molecule has 2 saturated heterocycles. The minimum absolute atomic E-state index is 0.0212. The number of hydrogen-bond acceptors (Lipinski definition) is 3. The van der Waals surface area contributed by atoms with Crippen LogP contribution in [0.5, 0.6) is 0 Å². The normalized spacial score (nSPS) is 22.2. The van der Waals surface area contributed by atoms with Crippen LogP contribution >= 0.6 is 0 Å². The van der Waals surface area contributed by atoms with Crippen molar-refractivity contribution in [3.8, 4) is 0 Å². The van der Waals surface area contributed by atoms with Crippen LogP contribution in [0.3, 0.4) is 0 Å². The number of rotatable bonds is 4. The first-order valence-corrected chi connectivity index (χ1v) is 11.7. The number of nitrogens with zero attached hydrogens (tertiary/aromatic N) is 2. The molecule has 2 aromatic carbocycles. The number of carbonyl (C=O) groups excluding carboxylic acids is 2. The topological polar surface area (TPSA) is 52.6 Å². The summed E-state index contributed by atoms with van der Waals surface area (Å²) < 4.78 is 0. The van der Waals surface area contributed by atoms with E-state index in [4.69, 9.17) is 0 Å². The van der Waals surface area contributed by atoms with Crippen molar-refractivity contribution in [3.63, 3.8) is 0 Å². The van der Waals surface area contributed by atoms with Crippen LogP contribution in [0.25, 0.3) is 0 Å². The molecule has 2 fully saturated rings. The van der Waals surface area contributed by atoms with Crippen molar-refractivity contribution in [1.29, 1.82) is 0 Å². The van der Waals surface area contributed by atoms with Crippen molar-refractivity contribution in [2.45, 2.75) is 50.7 Å². The molecule has 3 heterocycles. The lowest BCUT2D eigenvalue weighted by Gasteiger charge is -2.32. The first-order valence-electron chi connectivity index (χ1n) is 11.7. The molecule has 0 saturated carbocycles. The molecular weight excluding hydrogens is 397 g/mol. The van der Waals surface area contributed by atoms with Crippen LogP contribution in [0, 0.1) is 0 Å². The van der Waals surface area contributed by atoms with Gasteiger partial charge in [0.05, 0.1) is 0 Å². The Kier molecular flexibility index (Phi) is 5.64. The second kappa shape index (κ2) is 8.59. The predicted molar refractivity (Wildman–Crippen MR) is 128 cm³/mol. The zero-order valence-corrected chi connectivity index (χ0v) is 18.8. The van der Waals surface area contributed by atoms with Crippen LogP contribution in [-0.2, 0) is 17.9 Å². The van der Waals surface area contributed by atoms with E-state index in [1.165, 1.54) is 16.6 Å². The van der Waals surface area contributed by atoms with Gasteiger partial charge < -0.3 is 10.2 Å². The molecule has 5 rings (SSSR count). The molecule has 0 aliphatic carbocycles. The average Bonchev–Trinajstić information content (AvgIpc) is 3.11. The molecule has 0 aromatic heterocycles. The van der Waals surface area contributed by atoms with Crippen molar-refractivity contribution in [2.75, 3.05) is 13.1 Å². The molecule has 3 aliphatic rings. The van der Waals surface area contributed by atoms with Crippen molar-refractivity contribution in [2.24, 2.45) is 0 Å². The van der Waals surface area contributed by atoms with Gasteiger partial charge in [0.1, 0.15) is 13.9 Å². The lowest BCUT2D eigenvalue weighted by molar-refractivity contribution is -0.126. The zero-order valence-electron chi connectivity index (χ0n) is 18.8. The smallest absolute Gasteiger partial charge is 0.255 e. The van der Waals surface area contributed by atoms with Gasteiger partial charge in [-0.3, -0.25) is 14.5 Å². The number of allylic oxidation sites excluding steroid dienone is 1. The minimum atomic E-state index is -0.395. The van der Waals surface area contributed by atoms with Crippen molar-refractivity contribution >= 4 is 25.1 Å². The Morgan fingerprint density at radius 1 is 1.03 bits per heavy atom. The Morgan fingerprint density at radius 3 is 2.50 bits per heavy atom. The van der Waals surface area contributed by atoms with Gasteiger partial charge in [-0.2, -0.15) is 0 Å². The number of benzene rings is 2. The fourth-order valence-electron chi connectivity index (χ4n) is 5.30. The van der Waals surface area contributed by atoms with Gasteiger partial charge >= 0.3 is 0 Å². The fraction of sp³-hybridized carbons (Fsp3) is 0.385. The lowest BCUT2D eigenvalue weighted by Crippen LogP contribution is -2.49. The summed E-state index contributed by atoms with van der Waals surface area (Å²) in [7, 11) is 2.12. The van der Waals surface area contributed by atoms with E-state index in [-0.39, 0.29) is 11.8 Å². The van der Waals surface area contributed by atoms with Gasteiger partial charge in [0.25, 0.3) is 5.91 Å². The summed E-state index contributed by atoms with van der Waals surface area (Å²) in [5.41, 5.74) is 6.56. The van der Waals surface area contributed by atoms with E-state index in [0.717, 1.165) is 55.7 Å². The molecule has 3 aliphatic heterocycles. The lowest BCUT2D eigenvalue weighted by atomic mass is 9.87. The van der Waals surface area contributed by atoms with Gasteiger partial charge in [0.2, 0.25) is 5.91 Å². The maximum Gasteiger partial charge on any atom is 0.255 e. The number of carbonyl (C=O) groups is 2. The van der Waals surface area contributed by atoms with E-state index in [2.05, 4.69) is 61.0 Å². The first-order chi connectivity index (χ1) is 15.5. The highest BCUT2D eigenvalue weighted by molar-refractivity contribution is 6.32. The second-order valence-electron chi connectivity index (χ2n) is 9.53. The zero-order chi connectivity index (χ0) is 22.2. The Bertz CT molecular complexity index is 1060. The summed E-state index contributed by atoms with van der Waals surface area (Å²) in [6, 6.07) is 14.8. The van der Waals surface area contributed by atoms with Gasteiger partial charge in [-0.1, -0.05) is 48.4 Å². The van der Waals surface area contributed by atoms with Crippen molar-refractivity contribution < 1.29 is 9.59 Å². The monoisotopic (exact) mass is 427 g/mol. The fourth-order valence-corrected chi connectivity index (χ4v) is 5.30. The Balaban J connectivity index is 1.22. The van der Waals surface area contributed by atoms with E-state index in [0.29, 0.717) is 18.9 Å². The SMILES string of the molecule is Bc1ccc(CN2CCC(c3ccc4c(c3)CN(C3CCC(=C)NC3=O)C4=O)CC2)cc1. The van der Waals surface area contributed by atoms with Crippen LogP contribution in [0.15, 0.2) is 54.7 Å². The molecule has 5 nitrogen and oxygen atoms in total. The highest BCUT2D eigenvalue weighted by Crippen LogP contribution is 2.34. The molecule has 0 spiro atoms. The summed E-state index contributed by atoms with van der Waals surface area (Å²) in [4.78, 5) is 29.6. The van der Waals surface area contributed by atoms with E-state index >= 15 is 0 Å². The van der Waals surface area contributed by atoms with Gasteiger partial charge in [0, 0.05) is 24.4 Å². The second-order valence-corrected chi connectivity index (χ2v) is 9.53. The summed E-state index contributed by atoms with van der Waals surface area (Å²) in [5.74, 6) is 0.399. The predicted octanol–water partition coefficient (Wildman–Crippen LogP) is 2.07. The highest BCUT2D eigenvalue weighted by Gasteiger charge is 2.38. The molecule has 2 amide bonds. The van der Waals surface area contributed by atoms with Gasteiger partial charge in [-0.15, -0.1) is 0 Å². The third kappa shape index (κ3) is 4.12. The number of piperidine rings is 2. The summed E-state index contributed by atoms with van der Waals surface area (Å²) in [6.45, 7) is 7.56. The summed E-state index contributed by atoms with van der Waals surface area (Å²) >= 11 is 0. The maximum atomic E-state index is 13.0. The highest BCUT2D eigenvalue weighted by atomic mass is 16.2. The first kappa shape index (κ1) is 21.0. The van der Waals surface area contributed by atoms with E-state index in [1.807, 2.05) is 6.07 Å². The van der Waals surface area contributed by atoms with Crippen LogP contribution in [0.2, 0.25) is 0 Å². The molecule has 32 heavy (non-hydrogen) atoms. The third-order valence-electron chi connectivity index (χ3n) is 7.25. The van der Waals surface area contributed by atoms with Crippen LogP contribution in [0.1, 0.15) is 58.6 Å². The molecule has 6 heteroatoms. The van der Waals surface area contributed by atoms with Crippen LogP contribution in [0.4, 0.5) is 0 Å².